The van der Waals surface area contributed by atoms with Crippen molar-refractivity contribution in [3.8, 4) is 5.75 Å². The predicted molar refractivity (Wildman–Crippen MR) is 114 cm³/mol. The number of hydrogen-bond acceptors (Lipinski definition) is 3. The average molecular weight is 386 g/mol. The molecule has 2 heterocycles. The van der Waals surface area contributed by atoms with Crippen LogP contribution in [0.15, 0.2) is 54.6 Å². The van der Waals surface area contributed by atoms with E-state index in [9.17, 15) is 9.59 Å². The summed E-state index contributed by atoms with van der Waals surface area (Å²) in [6.45, 7) is 2.66. The Morgan fingerprint density at radius 1 is 1.14 bits per heavy atom. The third-order valence-corrected chi connectivity index (χ3v) is 5.79. The van der Waals surface area contributed by atoms with Crippen LogP contribution >= 0.6 is 0 Å². The summed E-state index contributed by atoms with van der Waals surface area (Å²) in [4.78, 5) is 26.8. The van der Waals surface area contributed by atoms with Crippen molar-refractivity contribution in [1.82, 2.24) is 0 Å². The molecule has 5 nitrogen and oxygen atoms in total. The number of rotatable bonds is 4. The highest BCUT2D eigenvalue weighted by atomic mass is 16.5. The van der Waals surface area contributed by atoms with Crippen LogP contribution in [0.1, 0.15) is 30.4 Å². The lowest BCUT2D eigenvalue weighted by atomic mass is 9.96. The van der Waals surface area contributed by atoms with Crippen molar-refractivity contribution in [3.05, 3.63) is 65.7 Å². The van der Waals surface area contributed by atoms with Crippen LogP contribution < -0.4 is 15.0 Å². The molecule has 0 bridgehead atoms. The summed E-state index contributed by atoms with van der Waals surface area (Å²) in [5.41, 5.74) is 3.93. The van der Waals surface area contributed by atoms with E-state index in [1.807, 2.05) is 66.4 Å². The largest absolute Gasteiger partial charge is 0.484 e. The Kier molecular flexibility index (Phi) is 4.23. The highest BCUT2D eigenvalue weighted by Gasteiger charge is 2.37. The number of aryl methyl sites for hydroxylation is 1. The molecule has 1 N–H and O–H groups in total. The maximum Gasteiger partial charge on any atom is 0.262 e. The van der Waals surface area contributed by atoms with Crippen molar-refractivity contribution >= 4 is 34.0 Å². The highest BCUT2D eigenvalue weighted by molar-refractivity contribution is 6.07. The van der Waals surface area contributed by atoms with Gasteiger partial charge in [-0.05, 0) is 65.9 Å². The van der Waals surface area contributed by atoms with Gasteiger partial charge in [-0.25, -0.2) is 0 Å². The summed E-state index contributed by atoms with van der Waals surface area (Å²) < 4.78 is 5.69. The quantitative estimate of drug-likeness (QED) is 0.729. The van der Waals surface area contributed by atoms with Gasteiger partial charge in [-0.15, -0.1) is 0 Å². The van der Waals surface area contributed by atoms with Gasteiger partial charge in [0.15, 0.2) is 6.61 Å². The van der Waals surface area contributed by atoms with Crippen molar-refractivity contribution < 1.29 is 14.3 Å². The maximum atomic E-state index is 12.5. The molecule has 0 spiro atoms. The first-order valence-corrected chi connectivity index (χ1v) is 10.00. The molecule has 2 amide bonds. The minimum Gasteiger partial charge on any atom is -0.484 e. The van der Waals surface area contributed by atoms with Crippen molar-refractivity contribution in [2.24, 2.45) is 0 Å². The predicted octanol–water partition coefficient (Wildman–Crippen LogP) is 4.25. The molecule has 0 fully saturated rings. The first-order chi connectivity index (χ1) is 14.1. The molecular formula is C24H22N2O3. The van der Waals surface area contributed by atoms with Gasteiger partial charge in [-0.3, -0.25) is 9.59 Å². The normalized spacial score (nSPS) is 17.3. The second kappa shape index (κ2) is 6.92. The van der Waals surface area contributed by atoms with Crippen LogP contribution in [0.3, 0.4) is 0 Å². The second-order valence-corrected chi connectivity index (χ2v) is 7.73. The maximum absolute atomic E-state index is 12.5. The van der Waals surface area contributed by atoms with E-state index >= 15 is 0 Å². The molecule has 29 heavy (non-hydrogen) atoms. The van der Waals surface area contributed by atoms with Gasteiger partial charge in [0.1, 0.15) is 5.75 Å². The summed E-state index contributed by atoms with van der Waals surface area (Å²) >= 11 is 0. The summed E-state index contributed by atoms with van der Waals surface area (Å²) in [6, 6.07) is 17.7. The Morgan fingerprint density at radius 3 is 2.83 bits per heavy atom. The van der Waals surface area contributed by atoms with E-state index in [2.05, 4.69) is 5.32 Å². The number of amides is 2. The Bertz CT molecular complexity index is 1140. The van der Waals surface area contributed by atoms with E-state index in [1.165, 1.54) is 0 Å². The second-order valence-electron chi connectivity index (χ2n) is 7.73. The number of anilines is 2. The number of ether oxygens (including phenoxy) is 1. The lowest BCUT2D eigenvalue weighted by Crippen LogP contribution is -2.32. The molecule has 5 rings (SSSR count). The van der Waals surface area contributed by atoms with E-state index in [1.54, 1.807) is 0 Å². The first-order valence-electron chi connectivity index (χ1n) is 10.00. The van der Waals surface area contributed by atoms with E-state index in [0.717, 1.165) is 52.7 Å². The van der Waals surface area contributed by atoms with Crippen LogP contribution in [0.5, 0.6) is 5.75 Å². The lowest BCUT2D eigenvalue weighted by Gasteiger charge is -2.26. The van der Waals surface area contributed by atoms with Gasteiger partial charge >= 0.3 is 0 Å². The molecule has 146 valence electrons. The summed E-state index contributed by atoms with van der Waals surface area (Å²) in [6.07, 6.45) is 1.88. The smallest absolute Gasteiger partial charge is 0.262 e. The zero-order chi connectivity index (χ0) is 20.0. The van der Waals surface area contributed by atoms with Crippen LogP contribution in [0, 0.1) is 0 Å². The van der Waals surface area contributed by atoms with Crippen molar-refractivity contribution in [2.45, 2.75) is 25.7 Å². The molecule has 5 heteroatoms. The van der Waals surface area contributed by atoms with Crippen molar-refractivity contribution in [2.75, 3.05) is 23.4 Å². The van der Waals surface area contributed by atoms with Gasteiger partial charge in [0.2, 0.25) is 5.91 Å². The molecule has 2 aliphatic heterocycles. The molecule has 3 aromatic carbocycles. The van der Waals surface area contributed by atoms with Gasteiger partial charge in [0, 0.05) is 12.2 Å². The molecule has 0 saturated heterocycles. The fraction of sp³-hybridized carbons (Fsp3) is 0.250. The van der Waals surface area contributed by atoms with E-state index in [-0.39, 0.29) is 24.3 Å². The van der Waals surface area contributed by atoms with Crippen LogP contribution in [0.2, 0.25) is 0 Å². The molecule has 0 aromatic heterocycles. The molecule has 2 aliphatic rings. The fourth-order valence-corrected chi connectivity index (χ4v) is 4.37. The average Bonchev–Trinajstić information content (AvgIpc) is 2.98. The van der Waals surface area contributed by atoms with E-state index in [4.69, 9.17) is 4.74 Å². The molecule has 0 saturated carbocycles. The van der Waals surface area contributed by atoms with Gasteiger partial charge < -0.3 is 15.0 Å². The minimum atomic E-state index is -0.213. The zero-order valence-corrected chi connectivity index (χ0v) is 16.3. The topological polar surface area (TPSA) is 58.6 Å². The third-order valence-electron chi connectivity index (χ3n) is 5.79. The fourth-order valence-electron chi connectivity index (χ4n) is 4.37. The Labute approximate surface area is 169 Å². The third kappa shape index (κ3) is 3.12. The molecule has 0 aliphatic carbocycles. The number of carbonyl (C=O) groups excluding carboxylic acids is 2. The SMILES string of the molecule is CC1C(=O)N2CCCc3cc(NC(=O)COc4ccc5ccccc5c4)cc1c32. The van der Waals surface area contributed by atoms with Crippen molar-refractivity contribution in [3.63, 3.8) is 0 Å². The zero-order valence-electron chi connectivity index (χ0n) is 16.3. The number of benzene rings is 3. The summed E-state index contributed by atoms with van der Waals surface area (Å²) in [5.74, 6) is 0.448. The highest BCUT2D eigenvalue weighted by Crippen LogP contribution is 2.44. The minimum absolute atomic E-state index is 0.0641. The summed E-state index contributed by atoms with van der Waals surface area (Å²) in [7, 11) is 0. The number of nitrogens with one attached hydrogen (secondary N) is 1. The molecule has 1 atom stereocenters. The Balaban J connectivity index is 1.30. The van der Waals surface area contributed by atoms with E-state index < -0.39 is 0 Å². The van der Waals surface area contributed by atoms with Gasteiger partial charge in [-0.1, -0.05) is 30.3 Å². The standard InChI is InChI=1S/C24H22N2O3/c1-15-21-13-19(11-18-7-4-10-26(23(18)21)24(15)28)25-22(27)14-29-20-9-8-16-5-2-3-6-17(16)12-20/h2-3,5-6,8-9,11-13,15H,4,7,10,14H2,1H3,(H,25,27). The van der Waals surface area contributed by atoms with Gasteiger partial charge in [-0.2, -0.15) is 0 Å². The van der Waals surface area contributed by atoms with Crippen LogP contribution in [-0.2, 0) is 16.0 Å². The molecule has 1 unspecified atom stereocenters. The number of fused-ring (bicyclic) bond motifs is 1. The van der Waals surface area contributed by atoms with Crippen LogP contribution in [0.4, 0.5) is 11.4 Å². The molecule has 0 radical (unpaired) electrons. The van der Waals surface area contributed by atoms with Gasteiger partial charge in [0.05, 0.1) is 11.6 Å². The van der Waals surface area contributed by atoms with Crippen LogP contribution in [-0.4, -0.2) is 25.0 Å². The Morgan fingerprint density at radius 2 is 1.97 bits per heavy atom. The number of carbonyl (C=O) groups is 2. The van der Waals surface area contributed by atoms with E-state index in [0.29, 0.717) is 5.75 Å². The summed E-state index contributed by atoms with van der Waals surface area (Å²) in [5, 5.41) is 5.14. The molecule has 3 aromatic rings. The van der Waals surface area contributed by atoms with Gasteiger partial charge in [0.25, 0.3) is 5.91 Å². The first kappa shape index (κ1) is 17.7. The number of nitrogens with zero attached hydrogens (tertiary/aromatic N) is 1. The lowest BCUT2D eigenvalue weighted by molar-refractivity contribution is -0.119. The van der Waals surface area contributed by atoms with Crippen LogP contribution in [0.25, 0.3) is 10.8 Å². The molecular weight excluding hydrogens is 364 g/mol. The Hall–Kier alpha value is -3.34. The number of hydrogen-bond donors (Lipinski definition) is 1. The van der Waals surface area contributed by atoms with Crippen molar-refractivity contribution in [1.29, 1.82) is 0 Å². The monoisotopic (exact) mass is 386 g/mol.